The van der Waals surface area contributed by atoms with Crippen LogP contribution in [0.1, 0.15) is 86.0 Å². The Morgan fingerprint density at radius 2 is 1.53 bits per heavy atom. The van der Waals surface area contributed by atoms with E-state index in [1.807, 2.05) is 0 Å². The van der Waals surface area contributed by atoms with Gasteiger partial charge in [0.1, 0.15) is 65.6 Å². The molecule has 18 nitrogen and oxygen atoms in total. The molecule has 4 aliphatic carbocycles. The summed E-state index contributed by atoms with van der Waals surface area (Å²) in [6.45, 7) is 9.54. The molecule has 2 bridgehead atoms. The fourth-order valence-corrected chi connectivity index (χ4v) is 14.2. The van der Waals surface area contributed by atoms with Gasteiger partial charge in [-0.05, 0) is 68.8 Å². The fourth-order valence-electron chi connectivity index (χ4n) is 14.2. The Bertz CT molecular complexity index is 1700. The van der Waals surface area contributed by atoms with Crippen molar-refractivity contribution in [2.24, 2.45) is 40.4 Å². The number of ether oxygens (including phenoxy) is 8. The third-order valence-electron chi connectivity index (χ3n) is 18.0. The molecule has 0 aromatic carbocycles. The van der Waals surface area contributed by atoms with E-state index in [4.69, 9.17) is 47.7 Å². The summed E-state index contributed by atoms with van der Waals surface area (Å²) in [7, 11) is 0. The van der Waals surface area contributed by atoms with Gasteiger partial charge in [0.25, 0.3) is 0 Å². The van der Waals surface area contributed by atoms with Crippen LogP contribution >= 0.6 is 0 Å². The minimum atomic E-state index is -2.03. The molecule has 7 heterocycles. The van der Waals surface area contributed by atoms with Crippen LogP contribution < -0.4 is 0 Å². The number of aliphatic hydroxyl groups excluding tert-OH is 7. The SMILES string of the molecule is C[C@@H]1CC[C@@]2(OC1)O[C@H]1C[C@@H]3[C@](C)(CC[C@H]4[C@]35C=C[C@]3(C[C@@H](O[C@@H]6O[C@H](CO)[C@@H](O[C@@H]7OC[C@@](O)(CO)[C@H]7O)[C@H](O)[C@H]6O[C@@H]6O[C@@H](C)[C@H](O)[C@@H](O)[C@H]6O)CC[C@]43C)OO5)[C@H]1[C@@H]2C. The smallest absolute Gasteiger partial charge is 0.187 e. The van der Waals surface area contributed by atoms with Crippen molar-refractivity contribution in [2.75, 3.05) is 26.4 Å². The van der Waals surface area contributed by atoms with Crippen molar-refractivity contribution in [2.45, 2.75) is 195 Å². The van der Waals surface area contributed by atoms with E-state index < -0.39 is 122 Å². The lowest BCUT2D eigenvalue weighted by molar-refractivity contribution is -0.499. The van der Waals surface area contributed by atoms with E-state index >= 15 is 0 Å². The van der Waals surface area contributed by atoms with Crippen LogP contribution in [0.4, 0.5) is 0 Å². The average molecular weight is 885 g/mol. The molecule has 6 saturated heterocycles. The summed E-state index contributed by atoms with van der Waals surface area (Å²) >= 11 is 0. The van der Waals surface area contributed by atoms with Gasteiger partial charge in [-0.25, -0.2) is 9.78 Å². The largest absolute Gasteiger partial charge is 0.394 e. The predicted octanol–water partition coefficient (Wildman–Crippen LogP) is -0.0823. The molecular weight excluding hydrogens is 816 g/mol. The van der Waals surface area contributed by atoms with Gasteiger partial charge in [-0.2, -0.15) is 0 Å². The molecule has 0 unspecified atom stereocenters. The van der Waals surface area contributed by atoms with Crippen molar-refractivity contribution in [1.82, 2.24) is 0 Å². The Kier molecular flexibility index (Phi) is 11.2. The second-order valence-electron chi connectivity index (χ2n) is 21.3. The highest BCUT2D eigenvalue weighted by atomic mass is 17.2. The zero-order valence-electron chi connectivity index (χ0n) is 36.3. The maximum atomic E-state index is 12.0. The second-order valence-corrected chi connectivity index (χ2v) is 21.3. The van der Waals surface area contributed by atoms with Gasteiger partial charge in [0, 0.05) is 36.0 Å². The van der Waals surface area contributed by atoms with Crippen LogP contribution in [0.2, 0.25) is 0 Å². The molecule has 0 aromatic heterocycles. The standard InChI is InChI=1S/C44H68O18/c1-20-6-11-44(54-17-20)21(2)28-24(60-44)14-27-39(28,4)9-8-26-40(5)10-7-23(15-42(40)12-13-43(26,27)62-61-42)56-37-34(59-36-31(49)30(48)29(47)22(3)55-36)32(50)33(25(16-45)57-37)58-38-35(51)41(52,18-46)19-53-38/h12-13,20-38,45-52H,6-11,14-19H2,1-5H3/t20-,21+,22+,23+,24+,25-,26-,27-,28+,29+,30-,31-,32+,33-,34-,35+,36+,37-,38+,39+,40-,41+,42-,43-,44-/m1/s1. The molecule has 0 radical (unpaired) electrons. The van der Waals surface area contributed by atoms with Crippen LogP contribution in [-0.4, -0.2) is 176 Å². The first-order valence-electron chi connectivity index (χ1n) is 23.0. The second kappa shape index (κ2) is 15.5. The molecule has 352 valence electrons. The van der Waals surface area contributed by atoms with Gasteiger partial charge in [-0.15, -0.1) is 0 Å². The third-order valence-corrected chi connectivity index (χ3v) is 18.0. The zero-order chi connectivity index (χ0) is 43.9. The van der Waals surface area contributed by atoms with E-state index in [0.717, 1.165) is 38.7 Å². The summed E-state index contributed by atoms with van der Waals surface area (Å²) in [5, 5.41) is 85.5. The third kappa shape index (κ3) is 6.34. The lowest BCUT2D eigenvalue weighted by Gasteiger charge is -2.69. The first-order valence-corrected chi connectivity index (χ1v) is 23.0. The number of hydrogen-bond donors (Lipinski definition) is 8. The van der Waals surface area contributed by atoms with Gasteiger partial charge >= 0.3 is 0 Å². The average Bonchev–Trinajstić information content (AvgIpc) is 3.83. The van der Waals surface area contributed by atoms with Crippen molar-refractivity contribution in [3.63, 3.8) is 0 Å². The maximum absolute atomic E-state index is 12.0. The molecule has 11 rings (SSSR count). The number of hydrogen-bond acceptors (Lipinski definition) is 18. The summed E-state index contributed by atoms with van der Waals surface area (Å²) in [6, 6.07) is 0. The number of rotatable bonds is 8. The summed E-state index contributed by atoms with van der Waals surface area (Å²) in [4.78, 5) is 13.4. The molecule has 0 aromatic rings. The molecule has 9 fully saturated rings. The van der Waals surface area contributed by atoms with Crippen LogP contribution in [0.5, 0.6) is 0 Å². The molecule has 11 aliphatic rings. The summed E-state index contributed by atoms with van der Waals surface area (Å²) in [5.41, 5.74) is -3.89. The molecule has 3 spiro atoms. The minimum Gasteiger partial charge on any atom is -0.394 e. The molecule has 18 heteroatoms. The molecule has 62 heavy (non-hydrogen) atoms. The Morgan fingerprint density at radius 3 is 2.21 bits per heavy atom. The predicted molar refractivity (Wildman–Crippen MR) is 209 cm³/mol. The van der Waals surface area contributed by atoms with Crippen molar-refractivity contribution >= 4 is 0 Å². The molecule has 0 amide bonds. The van der Waals surface area contributed by atoms with Crippen molar-refractivity contribution in [1.29, 1.82) is 0 Å². The molecule has 7 aliphatic heterocycles. The van der Waals surface area contributed by atoms with E-state index in [9.17, 15) is 40.9 Å². The van der Waals surface area contributed by atoms with Gasteiger partial charge in [0.2, 0.25) is 0 Å². The topological polar surface area (TPSA) is 254 Å². The minimum absolute atomic E-state index is 0.0409. The molecular formula is C44H68O18. The summed E-state index contributed by atoms with van der Waals surface area (Å²) in [5.74, 6) is 0.944. The van der Waals surface area contributed by atoms with Crippen LogP contribution in [0.3, 0.4) is 0 Å². The van der Waals surface area contributed by atoms with E-state index in [1.54, 1.807) is 0 Å². The molecule has 8 N–H and O–H groups in total. The highest BCUT2D eigenvalue weighted by Gasteiger charge is 2.78. The molecule has 3 saturated carbocycles. The van der Waals surface area contributed by atoms with Crippen LogP contribution in [0, 0.1) is 40.4 Å². The lowest BCUT2D eigenvalue weighted by atomic mass is 9.42. The van der Waals surface area contributed by atoms with Crippen LogP contribution in [0.25, 0.3) is 0 Å². The highest BCUT2D eigenvalue weighted by Crippen LogP contribution is 2.75. The van der Waals surface area contributed by atoms with E-state index in [-0.39, 0.29) is 34.7 Å². The van der Waals surface area contributed by atoms with E-state index in [1.165, 1.54) is 6.92 Å². The maximum Gasteiger partial charge on any atom is 0.187 e. The Labute approximate surface area is 361 Å². The van der Waals surface area contributed by atoms with Gasteiger partial charge < -0.3 is 78.7 Å². The van der Waals surface area contributed by atoms with E-state index in [0.29, 0.717) is 31.1 Å². The monoisotopic (exact) mass is 884 g/mol. The summed E-state index contributed by atoms with van der Waals surface area (Å²) in [6.07, 6.45) is -7.46. The highest BCUT2D eigenvalue weighted by molar-refractivity contribution is 5.34. The Balaban J connectivity index is 0.889. The van der Waals surface area contributed by atoms with Crippen LogP contribution in [0.15, 0.2) is 12.2 Å². The molecule has 25 atom stereocenters. The zero-order valence-corrected chi connectivity index (χ0v) is 36.3. The first-order chi connectivity index (χ1) is 29.4. The van der Waals surface area contributed by atoms with E-state index in [2.05, 4.69) is 39.8 Å². The van der Waals surface area contributed by atoms with Crippen molar-refractivity contribution in [3.8, 4) is 0 Å². The number of fused-ring (bicyclic) bond motifs is 4. The number of aliphatic hydroxyl groups is 8. The quantitative estimate of drug-likeness (QED) is 0.117. The lowest BCUT2D eigenvalue weighted by Crippen LogP contribution is -2.73. The Hall–Kier alpha value is -0.980. The summed E-state index contributed by atoms with van der Waals surface area (Å²) < 4.78 is 49.8. The fraction of sp³-hybridized carbons (Fsp3) is 0.955. The van der Waals surface area contributed by atoms with Crippen LogP contribution in [-0.2, 0) is 47.7 Å². The first kappa shape index (κ1) is 44.8. The van der Waals surface area contributed by atoms with Gasteiger partial charge in [0.05, 0.1) is 44.7 Å². The van der Waals surface area contributed by atoms with Crippen molar-refractivity contribution < 1.29 is 88.5 Å². The normalized spacial score (nSPS) is 60.4. The van der Waals surface area contributed by atoms with Crippen molar-refractivity contribution in [3.05, 3.63) is 12.2 Å². The Morgan fingerprint density at radius 1 is 0.758 bits per heavy atom. The van der Waals surface area contributed by atoms with Gasteiger partial charge in [-0.1, -0.05) is 33.8 Å². The van der Waals surface area contributed by atoms with Gasteiger partial charge in [0.15, 0.2) is 24.7 Å². The van der Waals surface area contributed by atoms with Gasteiger partial charge in [-0.3, -0.25) is 0 Å².